The Balaban J connectivity index is 1.97. The lowest BCUT2D eigenvalue weighted by molar-refractivity contribution is -0.124. The summed E-state index contributed by atoms with van der Waals surface area (Å²) in [4.78, 5) is 36.5. The highest BCUT2D eigenvalue weighted by molar-refractivity contribution is 5.97. The molecular formula is C22H26N2O4. The lowest BCUT2D eigenvalue weighted by Crippen LogP contribution is -2.49. The minimum Gasteiger partial charge on any atom is -0.465 e. The first-order valence-electron chi connectivity index (χ1n) is 9.14. The van der Waals surface area contributed by atoms with Crippen molar-refractivity contribution in [3.63, 3.8) is 0 Å². The van der Waals surface area contributed by atoms with Gasteiger partial charge in [-0.05, 0) is 42.7 Å². The maximum absolute atomic E-state index is 12.6. The average Bonchev–Trinajstić information content (AvgIpc) is 2.70. The summed E-state index contributed by atoms with van der Waals surface area (Å²) < 4.78 is 4.66. The quantitative estimate of drug-likeness (QED) is 0.721. The van der Waals surface area contributed by atoms with Crippen LogP contribution in [0.15, 0.2) is 48.5 Å². The number of hydrogen-bond acceptors (Lipinski definition) is 4. The Labute approximate surface area is 165 Å². The minimum absolute atomic E-state index is 0.0731. The molecule has 2 amide bonds. The van der Waals surface area contributed by atoms with Crippen molar-refractivity contribution in [1.82, 2.24) is 10.6 Å². The van der Waals surface area contributed by atoms with Gasteiger partial charge in [0.05, 0.1) is 12.7 Å². The zero-order chi connectivity index (χ0) is 20.7. The topological polar surface area (TPSA) is 84.5 Å². The number of aryl methyl sites for hydroxylation is 1. The number of amides is 2. The molecule has 1 atom stereocenters. The summed E-state index contributed by atoms with van der Waals surface area (Å²) >= 11 is 0. The number of rotatable bonds is 7. The van der Waals surface area contributed by atoms with Gasteiger partial charge in [-0.1, -0.05) is 43.7 Å². The molecule has 6 heteroatoms. The van der Waals surface area contributed by atoms with E-state index in [9.17, 15) is 14.4 Å². The Kier molecular flexibility index (Phi) is 7.32. The SMILES string of the molecule is COC(=O)c1ccc(CNC(=O)C(NC(=O)c2ccc(C)cc2)C(C)C)cc1. The number of esters is 1. The molecule has 2 N–H and O–H groups in total. The third-order valence-electron chi connectivity index (χ3n) is 4.39. The molecule has 2 rings (SSSR count). The first-order chi connectivity index (χ1) is 13.3. The van der Waals surface area contributed by atoms with Crippen molar-refractivity contribution in [2.75, 3.05) is 7.11 Å². The van der Waals surface area contributed by atoms with E-state index in [0.29, 0.717) is 17.7 Å². The second-order valence-corrected chi connectivity index (χ2v) is 6.97. The number of benzene rings is 2. The van der Waals surface area contributed by atoms with Crippen molar-refractivity contribution in [1.29, 1.82) is 0 Å². The lowest BCUT2D eigenvalue weighted by atomic mass is 10.0. The third-order valence-corrected chi connectivity index (χ3v) is 4.39. The molecule has 0 bridgehead atoms. The van der Waals surface area contributed by atoms with Gasteiger partial charge in [-0.15, -0.1) is 0 Å². The van der Waals surface area contributed by atoms with E-state index in [4.69, 9.17) is 0 Å². The smallest absolute Gasteiger partial charge is 0.337 e. The van der Waals surface area contributed by atoms with Gasteiger partial charge in [-0.25, -0.2) is 4.79 Å². The Hall–Kier alpha value is -3.15. The summed E-state index contributed by atoms with van der Waals surface area (Å²) in [5, 5.41) is 5.65. The predicted octanol–water partition coefficient (Wildman–Crippen LogP) is 2.85. The average molecular weight is 382 g/mol. The zero-order valence-electron chi connectivity index (χ0n) is 16.6. The fourth-order valence-electron chi connectivity index (χ4n) is 2.64. The van der Waals surface area contributed by atoms with Crippen LogP contribution in [0.5, 0.6) is 0 Å². The van der Waals surface area contributed by atoms with Gasteiger partial charge in [0.25, 0.3) is 5.91 Å². The van der Waals surface area contributed by atoms with Gasteiger partial charge < -0.3 is 15.4 Å². The van der Waals surface area contributed by atoms with Crippen LogP contribution in [0.4, 0.5) is 0 Å². The highest BCUT2D eigenvalue weighted by Gasteiger charge is 2.24. The van der Waals surface area contributed by atoms with E-state index in [1.807, 2.05) is 32.9 Å². The highest BCUT2D eigenvalue weighted by atomic mass is 16.5. The molecule has 28 heavy (non-hydrogen) atoms. The van der Waals surface area contributed by atoms with Crippen molar-refractivity contribution >= 4 is 17.8 Å². The van der Waals surface area contributed by atoms with Crippen LogP contribution in [0.3, 0.4) is 0 Å². The molecule has 0 radical (unpaired) electrons. The molecule has 0 saturated carbocycles. The van der Waals surface area contributed by atoms with Gasteiger partial charge in [-0.3, -0.25) is 9.59 Å². The summed E-state index contributed by atoms with van der Waals surface area (Å²) in [6, 6.07) is 13.3. The van der Waals surface area contributed by atoms with Crippen LogP contribution in [-0.2, 0) is 16.1 Å². The van der Waals surface area contributed by atoms with Crippen molar-refractivity contribution in [3.05, 3.63) is 70.8 Å². The van der Waals surface area contributed by atoms with E-state index in [1.54, 1.807) is 36.4 Å². The van der Waals surface area contributed by atoms with E-state index in [0.717, 1.165) is 11.1 Å². The molecule has 0 aliphatic heterocycles. The van der Waals surface area contributed by atoms with E-state index >= 15 is 0 Å². The third kappa shape index (κ3) is 5.67. The summed E-state index contributed by atoms with van der Waals surface area (Å²) in [6.07, 6.45) is 0. The summed E-state index contributed by atoms with van der Waals surface area (Å²) in [6.45, 7) is 6.00. The van der Waals surface area contributed by atoms with Gasteiger partial charge in [0.2, 0.25) is 5.91 Å². The molecule has 0 fully saturated rings. The lowest BCUT2D eigenvalue weighted by Gasteiger charge is -2.22. The Morgan fingerprint density at radius 2 is 1.50 bits per heavy atom. The molecule has 0 aliphatic carbocycles. The van der Waals surface area contributed by atoms with Gasteiger partial charge in [0.15, 0.2) is 0 Å². The van der Waals surface area contributed by atoms with E-state index in [2.05, 4.69) is 15.4 Å². The number of hydrogen-bond donors (Lipinski definition) is 2. The molecule has 1 unspecified atom stereocenters. The largest absolute Gasteiger partial charge is 0.465 e. The molecule has 148 valence electrons. The predicted molar refractivity (Wildman–Crippen MR) is 107 cm³/mol. The van der Waals surface area contributed by atoms with Crippen molar-refractivity contribution in [2.45, 2.75) is 33.4 Å². The first-order valence-corrected chi connectivity index (χ1v) is 9.14. The second kappa shape index (κ2) is 9.69. The maximum Gasteiger partial charge on any atom is 0.337 e. The molecule has 2 aromatic rings. The standard InChI is InChI=1S/C22H26N2O4/c1-14(2)19(24-20(25)17-9-5-15(3)6-10-17)21(26)23-13-16-7-11-18(12-8-16)22(27)28-4/h5-12,14,19H,13H2,1-4H3,(H,23,26)(H,24,25). The molecule has 0 aliphatic rings. The fraction of sp³-hybridized carbons (Fsp3) is 0.318. The molecule has 6 nitrogen and oxygen atoms in total. The molecule has 0 aromatic heterocycles. The Morgan fingerprint density at radius 3 is 2.04 bits per heavy atom. The number of methoxy groups -OCH3 is 1. The fourth-order valence-corrected chi connectivity index (χ4v) is 2.64. The van der Waals surface area contributed by atoms with Crippen LogP contribution in [0.25, 0.3) is 0 Å². The Morgan fingerprint density at radius 1 is 0.929 bits per heavy atom. The zero-order valence-corrected chi connectivity index (χ0v) is 16.6. The van der Waals surface area contributed by atoms with Crippen molar-refractivity contribution < 1.29 is 19.1 Å². The van der Waals surface area contributed by atoms with Gasteiger partial charge in [-0.2, -0.15) is 0 Å². The minimum atomic E-state index is -0.650. The van der Waals surface area contributed by atoms with Crippen LogP contribution in [0, 0.1) is 12.8 Å². The van der Waals surface area contributed by atoms with E-state index < -0.39 is 12.0 Å². The normalized spacial score (nSPS) is 11.6. The monoisotopic (exact) mass is 382 g/mol. The summed E-state index contributed by atoms with van der Waals surface area (Å²) in [5.41, 5.74) is 2.87. The van der Waals surface area contributed by atoms with Crippen molar-refractivity contribution in [3.8, 4) is 0 Å². The first kappa shape index (κ1) is 21.2. The van der Waals surface area contributed by atoms with Gasteiger partial charge in [0.1, 0.15) is 6.04 Å². The van der Waals surface area contributed by atoms with Crippen LogP contribution in [0.2, 0.25) is 0 Å². The van der Waals surface area contributed by atoms with Crippen LogP contribution < -0.4 is 10.6 Å². The Bertz CT molecular complexity index is 827. The van der Waals surface area contributed by atoms with Gasteiger partial charge >= 0.3 is 5.97 Å². The summed E-state index contributed by atoms with van der Waals surface area (Å²) in [5.74, 6) is -1.02. The molecule has 0 spiro atoms. The van der Waals surface area contributed by atoms with Crippen LogP contribution >= 0.6 is 0 Å². The van der Waals surface area contributed by atoms with E-state index in [-0.39, 0.29) is 17.7 Å². The molecular weight excluding hydrogens is 356 g/mol. The van der Waals surface area contributed by atoms with E-state index in [1.165, 1.54) is 7.11 Å². The maximum atomic E-state index is 12.6. The van der Waals surface area contributed by atoms with Crippen LogP contribution in [0.1, 0.15) is 45.7 Å². The number of nitrogens with one attached hydrogen (secondary N) is 2. The van der Waals surface area contributed by atoms with Crippen molar-refractivity contribution in [2.24, 2.45) is 5.92 Å². The van der Waals surface area contributed by atoms with Gasteiger partial charge in [0, 0.05) is 12.1 Å². The number of ether oxygens (including phenoxy) is 1. The molecule has 0 heterocycles. The molecule has 0 saturated heterocycles. The second-order valence-electron chi connectivity index (χ2n) is 6.97. The van der Waals surface area contributed by atoms with Crippen LogP contribution in [-0.4, -0.2) is 30.9 Å². The summed E-state index contributed by atoms with van der Waals surface area (Å²) in [7, 11) is 1.33. The molecule has 2 aromatic carbocycles. The number of carbonyl (C=O) groups is 3. The number of carbonyl (C=O) groups excluding carboxylic acids is 3. The highest BCUT2D eigenvalue weighted by Crippen LogP contribution is 2.09.